The number of ether oxygens (including phenoxy) is 1. The molecule has 1 aromatic heterocycles. The van der Waals surface area contributed by atoms with Gasteiger partial charge in [-0.2, -0.15) is 0 Å². The summed E-state index contributed by atoms with van der Waals surface area (Å²) in [6.45, 7) is 6.50. The molecule has 0 spiro atoms. The fourth-order valence-corrected chi connectivity index (χ4v) is 3.00. The predicted molar refractivity (Wildman–Crippen MR) is 105 cm³/mol. The molecule has 0 radical (unpaired) electrons. The van der Waals surface area contributed by atoms with E-state index in [0.29, 0.717) is 12.4 Å². The number of hydrogen-bond acceptors (Lipinski definition) is 5. The highest BCUT2D eigenvalue weighted by Crippen LogP contribution is 2.18. The lowest BCUT2D eigenvalue weighted by Crippen LogP contribution is -2.46. The van der Waals surface area contributed by atoms with Gasteiger partial charge in [-0.15, -0.1) is 0 Å². The molecule has 2 N–H and O–H groups in total. The molecule has 8 heteroatoms. The van der Waals surface area contributed by atoms with Crippen LogP contribution in [-0.2, 0) is 14.3 Å². The zero-order chi connectivity index (χ0) is 19.6. The largest absolute Gasteiger partial charge is 0.469 e. The summed E-state index contributed by atoms with van der Waals surface area (Å²) < 4.78 is 4.83. The zero-order valence-corrected chi connectivity index (χ0v) is 16.3. The number of hydrogen-bond donors (Lipinski definition) is 2. The van der Waals surface area contributed by atoms with Crippen LogP contribution in [0.5, 0.6) is 0 Å². The number of nitrogens with zero attached hydrogens (tertiary/aromatic N) is 3. The number of amides is 1. The van der Waals surface area contributed by atoms with Crippen molar-refractivity contribution in [3.8, 4) is 0 Å². The van der Waals surface area contributed by atoms with Crippen molar-refractivity contribution in [1.29, 1.82) is 0 Å². The molecule has 1 aromatic rings. The Bertz CT molecular complexity index is 669. The van der Waals surface area contributed by atoms with Crippen molar-refractivity contribution in [3.05, 3.63) is 23.9 Å². The first-order chi connectivity index (χ1) is 13.0. The molecule has 0 atom stereocenters. The van der Waals surface area contributed by atoms with Gasteiger partial charge >= 0.3 is 5.97 Å². The second-order valence-electron chi connectivity index (χ2n) is 6.48. The highest BCUT2D eigenvalue weighted by Gasteiger charge is 2.26. The van der Waals surface area contributed by atoms with Crippen LogP contribution >= 0.6 is 0 Å². The number of pyridine rings is 1. The third kappa shape index (κ3) is 6.54. The third-order valence-corrected chi connectivity index (χ3v) is 4.42. The van der Waals surface area contributed by atoms with E-state index in [4.69, 9.17) is 4.74 Å². The molecule has 0 saturated carbocycles. The van der Waals surface area contributed by atoms with Gasteiger partial charge < -0.3 is 20.3 Å². The first kappa shape index (κ1) is 20.7. The minimum Gasteiger partial charge on any atom is -0.469 e. The summed E-state index contributed by atoms with van der Waals surface area (Å²) in [5.41, 5.74) is 0.857. The van der Waals surface area contributed by atoms with Crippen LogP contribution in [0.1, 0.15) is 31.9 Å². The summed E-state index contributed by atoms with van der Waals surface area (Å²) in [6.07, 6.45) is 1.77. The molecule has 1 fully saturated rings. The molecule has 1 aliphatic rings. The maximum Gasteiger partial charge on any atom is 0.308 e. The van der Waals surface area contributed by atoms with Crippen LogP contribution in [-0.4, -0.2) is 61.0 Å². The van der Waals surface area contributed by atoms with Gasteiger partial charge in [0.2, 0.25) is 5.91 Å². The van der Waals surface area contributed by atoms with E-state index in [0.717, 1.165) is 44.1 Å². The van der Waals surface area contributed by atoms with Crippen LogP contribution in [0, 0.1) is 12.8 Å². The number of aromatic nitrogens is 1. The summed E-state index contributed by atoms with van der Waals surface area (Å²) in [7, 11) is 1.43. The van der Waals surface area contributed by atoms with E-state index in [9.17, 15) is 9.59 Å². The molecular formula is C19H29N5O3. The van der Waals surface area contributed by atoms with Crippen molar-refractivity contribution in [2.24, 2.45) is 10.9 Å². The molecule has 2 heterocycles. The Morgan fingerprint density at radius 2 is 2.07 bits per heavy atom. The second-order valence-corrected chi connectivity index (χ2v) is 6.48. The summed E-state index contributed by atoms with van der Waals surface area (Å²) in [5.74, 6) is 1.04. The van der Waals surface area contributed by atoms with Crippen molar-refractivity contribution in [2.75, 3.05) is 38.6 Å². The van der Waals surface area contributed by atoms with Crippen LogP contribution in [0.4, 0.5) is 5.82 Å². The van der Waals surface area contributed by atoms with Gasteiger partial charge in [-0.25, -0.2) is 4.98 Å². The SMILES string of the molecule is CCNC(=NCCC(=O)Nc1cccc(C)n1)N1CCC(C(=O)OC)CC1. The molecule has 0 aromatic carbocycles. The molecule has 27 heavy (non-hydrogen) atoms. The van der Waals surface area contributed by atoms with Gasteiger partial charge in [0, 0.05) is 31.7 Å². The van der Waals surface area contributed by atoms with E-state index in [1.807, 2.05) is 26.0 Å². The van der Waals surface area contributed by atoms with Gasteiger partial charge in [0.1, 0.15) is 5.82 Å². The molecule has 2 rings (SSSR count). The van der Waals surface area contributed by atoms with Crippen molar-refractivity contribution in [2.45, 2.75) is 33.1 Å². The first-order valence-electron chi connectivity index (χ1n) is 9.38. The highest BCUT2D eigenvalue weighted by atomic mass is 16.5. The number of carbonyl (C=O) groups excluding carboxylic acids is 2. The quantitative estimate of drug-likeness (QED) is 0.445. The topological polar surface area (TPSA) is 95.9 Å². The Hall–Kier alpha value is -2.64. The number of anilines is 1. The van der Waals surface area contributed by atoms with E-state index in [1.54, 1.807) is 6.07 Å². The Labute approximate surface area is 160 Å². The predicted octanol–water partition coefficient (Wildman–Crippen LogP) is 1.57. The van der Waals surface area contributed by atoms with Crippen LogP contribution in [0.3, 0.4) is 0 Å². The fraction of sp³-hybridized carbons (Fsp3) is 0.579. The average Bonchev–Trinajstić information content (AvgIpc) is 2.67. The number of rotatable bonds is 6. The lowest BCUT2D eigenvalue weighted by atomic mass is 9.97. The Morgan fingerprint density at radius 3 is 2.70 bits per heavy atom. The number of aliphatic imine (C=N–C) groups is 1. The molecule has 0 aliphatic carbocycles. The molecule has 1 amide bonds. The summed E-state index contributed by atoms with van der Waals surface area (Å²) in [5, 5.41) is 6.04. The second kappa shape index (κ2) is 10.5. The van der Waals surface area contributed by atoms with Crippen LogP contribution in [0.2, 0.25) is 0 Å². The highest BCUT2D eigenvalue weighted by molar-refractivity contribution is 5.90. The number of nitrogens with one attached hydrogen (secondary N) is 2. The normalized spacial score (nSPS) is 15.4. The average molecular weight is 375 g/mol. The van der Waals surface area contributed by atoms with E-state index in [-0.39, 0.29) is 24.2 Å². The number of likely N-dealkylation sites (tertiary alicyclic amines) is 1. The lowest BCUT2D eigenvalue weighted by Gasteiger charge is -2.33. The van der Waals surface area contributed by atoms with Crippen molar-refractivity contribution in [1.82, 2.24) is 15.2 Å². The molecular weight excluding hydrogens is 346 g/mol. The van der Waals surface area contributed by atoms with Crippen molar-refractivity contribution < 1.29 is 14.3 Å². The van der Waals surface area contributed by atoms with E-state index in [2.05, 4.69) is 25.5 Å². The maximum atomic E-state index is 12.1. The number of methoxy groups -OCH3 is 1. The maximum absolute atomic E-state index is 12.1. The molecule has 0 bridgehead atoms. The number of carbonyl (C=O) groups is 2. The molecule has 148 valence electrons. The summed E-state index contributed by atoms with van der Waals surface area (Å²) in [6, 6.07) is 5.51. The van der Waals surface area contributed by atoms with Gasteiger partial charge in [-0.05, 0) is 38.8 Å². The Morgan fingerprint density at radius 1 is 1.33 bits per heavy atom. The van der Waals surface area contributed by atoms with E-state index in [1.165, 1.54) is 7.11 Å². The van der Waals surface area contributed by atoms with Crippen LogP contribution in [0.25, 0.3) is 0 Å². The number of esters is 1. The number of aryl methyl sites for hydroxylation is 1. The van der Waals surface area contributed by atoms with E-state index >= 15 is 0 Å². The monoisotopic (exact) mass is 375 g/mol. The van der Waals surface area contributed by atoms with Crippen LogP contribution < -0.4 is 10.6 Å². The lowest BCUT2D eigenvalue weighted by molar-refractivity contribution is -0.146. The Kier molecular flexibility index (Phi) is 8.03. The zero-order valence-electron chi connectivity index (χ0n) is 16.3. The van der Waals surface area contributed by atoms with Gasteiger partial charge in [0.15, 0.2) is 5.96 Å². The summed E-state index contributed by atoms with van der Waals surface area (Å²) >= 11 is 0. The van der Waals surface area contributed by atoms with E-state index < -0.39 is 0 Å². The van der Waals surface area contributed by atoms with Crippen molar-refractivity contribution >= 4 is 23.7 Å². The number of guanidine groups is 1. The van der Waals surface area contributed by atoms with Gasteiger partial charge in [0.05, 0.1) is 19.6 Å². The van der Waals surface area contributed by atoms with Crippen LogP contribution in [0.15, 0.2) is 23.2 Å². The van der Waals surface area contributed by atoms with Crippen molar-refractivity contribution in [3.63, 3.8) is 0 Å². The molecule has 1 saturated heterocycles. The van der Waals surface area contributed by atoms with Gasteiger partial charge in [-0.1, -0.05) is 6.07 Å². The minimum atomic E-state index is -0.141. The molecule has 8 nitrogen and oxygen atoms in total. The molecule has 1 aliphatic heterocycles. The third-order valence-electron chi connectivity index (χ3n) is 4.42. The first-order valence-corrected chi connectivity index (χ1v) is 9.38. The smallest absolute Gasteiger partial charge is 0.308 e. The Balaban J connectivity index is 1.84. The summed E-state index contributed by atoms with van der Waals surface area (Å²) in [4.78, 5) is 34.7. The minimum absolute atomic E-state index is 0.0401. The van der Waals surface area contributed by atoms with Gasteiger partial charge in [0.25, 0.3) is 0 Å². The molecule has 0 unspecified atom stereocenters. The fourth-order valence-electron chi connectivity index (χ4n) is 3.00. The standard InChI is InChI=1S/C19H29N5O3/c1-4-20-19(24-12-9-15(10-13-24)18(26)27-3)21-11-8-17(25)23-16-7-5-6-14(2)22-16/h5-7,15H,4,8-13H2,1-3H3,(H,20,21)(H,22,23,25). The number of piperidine rings is 1. The van der Waals surface area contributed by atoms with Gasteiger partial charge in [-0.3, -0.25) is 14.6 Å².